The number of hydrazone groups is 1. The molecule has 33 heavy (non-hydrogen) atoms. The Morgan fingerprint density at radius 1 is 1.15 bits per heavy atom. The molecule has 1 amide bonds. The van der Waals surface area contributed by atoms with Crippen LogP contribution in [0.15, 0.2) is 75.1 Å². The highest BCUT2D eigenvalue weighted by Gasteiger charge is 2.12. The molecule has 0 aromatic heterocycles. The summed E-state index contributed by atoms with van der Waals surface area (Å²) in [4.78, 5) is 13.0. The van der Waals surface area contributed by atoms with E-state index in [-0.39, 0.29) is 11.7 Å². The maximum atomic E-state index is 12.1. The standard InChI is InChI=1S/C25H24BrClN2O3S/c1-3-31-23-13-19(12-22(26)25(23)32-15-18-6-4-5-17(2)11-18)14-28-29-24(30)16-33-21-9-7-20(27)8-10-21/h4-14H,3,15-16H2,1-2H3,(H,29,30)/b28-14-. The van der Waals surface area contributed by atoms with E-state index in [1.54, 1.807) is 18.3 Å². The number of hydrogen-bond acceptors (Lipinski definition) is 5. The summed E-state index contributed by atoms with van der Waals surface area (Å²) in [7, 11) is 0. The minimum absolute atomic E-state index is 0.201. The van der Waals surface area contributed by atoms with Gasteiger partial charge in [0.1, 0.15) is 6.61 Å². The van der Waals surface area contributed by atoms with Gasteiger partial charge in [0.2, 0.25) is 5.91 Å². The van der Waals surface area contributed by atoms with E-state index >= 15 is 0 Å². The average Bonchev–Trinajstić information content (AvgIpc) is 2.78. The third-order valence-electron chi connectivity index (χ3n) is 4.38. The number of hydrogen-bond donors (Lipinski definition) is 1. The Morgan fingerprint density at radius 2 is 1.94 bits per heavy atom. The number of benzene rings is 3. The number of amides is 1. The lowest BCUT2D eigenvalue weighted by atomic mass is 10.1. The molecule has 0 aliphatic heterocycles. The van der Waals surface area contributed by atoms with Crippen molar-refractivity contribution < 1.29 is 14.3 Å². The van der Waals surface area contributed by atoms with Gasteiger partial charge in [-0.25, -0.2) is 5.43 Å². The Balaban J connectivity index is 1.60. The third kappa shape index (κ3) is 8.11. The van der Waals surface area contributed by atoms with Gasteiger partial charge >= 0.3 is 0 Å². The lowest BCUT2D eigenvalue weighted by molar-refractivity contribution is -0.118. The van der Waals surface area contributed by atoms with Gasteiger partial charge in [0.15, 0.2) is 11.5 Å². The first kappa shape index (κ1) is 25.1. The van der Waals surface area contributed by atoms with Crippen molar-refractivity contribution in [3.63, 3.8) is 0 Å². The Morgan fingerprint density at radius 3 is 2.67 bits per heavy atom. The number of rotatable bonds is 10. The van der Waals surface area contributed by atoms with Gasteiger partial charge in [-0.2, -0.15) is 5.10 Å². The van der Waals surface area contributed by atoms with Gasteiger partial charge in [-0.1, -0.05) is 41.4 Å². The van der Waals surface area contributed by atoms with E-state index in [4.69, 9.17) is 21.1 Å². The van der Waals surface area contributed by atoms with Crippen molar-refractivity contribution in [2.45, 2.75) is 25.3 Å². The maximum Gasteiger partial charge on any atom is 0.250 e. The highest BCUT2D eigenvalue weighted by atomic mass is 79.9. The van der Waals surface area contributed by atoms with Crippen LogP contribution >= 0.6 is 39.3 Å². The van der Waals surface area contributed by atoms with Gasteiger partial charge in [-0.05, 0) is 77.3 Å². The minimum Gasteiger partial charge on any atom is -0.490 e. The minimum atomic E-state index is -0.201. The summed E-state index contributed by atoms with van der Waals surface area (Å²) in [6.45, 7) is 4.88. The van der Waals surface area contributed by atoms with Crippen LogP contribution in [-0.2, 0) is 11.4 Å². The molecule has 0 spiro atoms. The number of halogens is 2. The quantitative estimate of drug-likeness (QED) is 0.176. The van der Waals surface area contributed by atoms with Crippen LogP contribution in [0, 0.1) is 6.92 Å². The molecule has 8 heteroatoms. The molecule has 0 atom stereocenters. The van der Waals surface area contributed by atoms with Crippen molar-refractivity contribution in [3.05, 3.63) is 86.8 Å². The number of carbonyl (C=O) groups excluding carboxylic acids is 1. The van der Waals surface area contributed by atoms with E-state index in [0.29, 0.717) is 29.7 Å². The molecule has 0 bridgehead atoms. The molecule has 3 rings (SSSR count). The maximum absolute atomic E-state index is 12.1. The highest BCUT2D eigenvalue weighted by molar-refractivity contribution is 9.10. The number of aryl methyl sites for hydroxylation is 1. The zero-order valence-electron chi connectivity index (χ0n) is 18.3. The third-order valence-corrected chi connectivity index (χ3v) is 6.24. The molecular weight excluding hydrogens is 524 g/mol. The van der Waals surface area contributed by atoms with E-state index < -0.39 is 0 Å². The number of thioether (sulfide) groups is 1. The second-order valence-electron chi connectivity index (χ2n) is 7.08. The van der Waals surface area contributed by atoms with Gasteiger partial charge in [0.25, 0.3) is 0 Å². The molecule has 0 radical (unpaired) electrons. The smallest absolute Gasteiger partial charge is 0.250 e. The molecule has 3 aromatic carbocycles. The summed E-state index contributed by atoms with van der Waals surface area (Å²) in [5, 5.41) is 4.73. The Labute approximate surface area is 211 Å². The van der Waals surface area contributed by atoms with Gasteiger partial charge in [-0.3, -0.25) is 4.79 Å². The highest BCUT2D eigenvalue weighted by Crippen LogP contribution is 2.37. The van der Waals surface area contributed by atoms with Crippen molar-refractivity contribution >= 4 is 51.4 Å². The van der Waals surface area contributed by atoms with Crippen molar-refractivity contribution in [1.82, 2.24) is 5.43 Å². The van der Waals surface area contributed by atoms with Crippen LogP contribution < -0.4 is 14.9 Å². The summed E-state index contributed by atoms with van der Waals surface area (Å²) in [6, 6.07) is 19.2. The summed E-state index contributed by atoms with van der Waals surface area (Å²) in [5.41, 5.74) is 5.57. The van der Waals surface area contributed by atoms with E-state index in [1.807, 2.05) is 56.3 Å². The predicted octanol–water partition coefficient (Wildman–Crippen LogP) is 6.63. The summed E-state index contributed by atoms with van der Waals surface area (Å²) in [5.74, 6) is 1.27. The molecule has 0 aliphatic rings. The summed E-state index contributed by atoms with van der Waals surface area (Å²) in [6.07, 6.45) is 1.57. The fourth-order valence-electron chi connectivity index (χ4n) is 2.91. The topological polar surface area (TPSA) is 59.9 Å². The molecule has 172 valence electrons. The zero-order chi connectivity index (χ0) is 23.6. The Bertz CT molecular complexity index is 1120. The molecule has 1 N–H and O–H groups in total. The Hall–Kier alpha value is -2.48. The van der Waals surface area contributed by atoms with Gasteiger partial charge < -0.3 is 9.47 Å². The lowest BCUT2D eigenvalue weighted by Crippen LogP contribution is -2.19. The van der Waals surface area contributed by atoms with E-state index in [0.717, 1.165) is 20.5 Å². The Kier molecular flexibility index (Phi) is 9.66. The van der Waals surface area contributed by atoms with Crippen LogP contribution in [0.5, 0.6) is 11.5 Å². The van der Waals surface area contributed by atoms with Crippen LogP contribution in [0.2, 0.25) is 5.02 Å². The molecular formula is C25H24BrClN2O3S. The molecule has 5 nitrogen and oxygen atoms in total. The SMILES string of the molecule is CCOc1cc(/C=N\NC(=O)CSc2ccc(Cl)cc2)cc(Br)c1OCc1cccc(C)c1. The fourth-order valence-corrected chi connectivity index (χ4v) is 4.30. The molecule has 0 aliphatic carbocycles. The molecule has 0 saturated carbocycles. The van der Waals surface area contributed by atoms with Crippen molar-refractivity contribution in [3.8, 4) is 11.5 Å². The van der Waals surface area contributed by atoms with Gasteiger partial charge in [-0.15, -0.1) is 11.8 Å². The number of nitrogens with zero attached hydrogens (tertiary/aromatic N) is 1. The largest absolute Gasteiger partial charge is 0.490 e. The van der Waals surface area contributed by atoms with Crippen molar-refractivity contribution in [2.24, 2.45) is 5.10 Å². The predicted molar refractivity (Wildman–Crippen MR) is 139 cm³/mol. The van der Waals surface area contributed by atoms with Crippen LogP contribution in [0.4, 0.5) is 0 Å². The van der Waals surface area contributed by atoms with Crippen LogP contribution in [-0.4, -0.2) is 24.5 Å². The first-order valence-corrected chi connectivity index (χ1v) is 12.4. The number of carbonyl (C=O) groups is 1. The molecule has 0 unspecified atom stereocenters. The fraction of sp³-hybridized carbons (Fsp3) is 0.200. The van der Waals surface area contributed by atoms with Gasteiger partial charge in [0.05, 0.1) is 23.0 Å². The first-order chi connectivity index (χ1) is 15.9. The summed E-state index contributed by atoms with van der Waals surface area (Å²) < 4.78 is 12.6. The van der Waals surface area contributed by atoms with Gasteiger partial charge in [0, 0.05) is 9.92 Å². The molecule has 0 saturated heterocycles. The van der Waals surface area contributed by atoms with Crippen LogP contribution in [0.1, 0.15) is 23.6 Å². The molecule has 0 heterocycles. The zero-order valence-corrected chi connectivity index (χ0v) is 21.5. The number of ether oxygens (including phenoxy) is 2. The normalized spacial score (nSPS) is 10.9. The average molecular weight is 548 g/mol. The van der Waals surface area contributed by atoms with E-state index in [2.05, 4.69) is 32.5 Å². The van der Waals surface area contributed by atoms with E-state index in [1.165, 1.54) is 17.3 Å². The first-order valence-electron chi connectivity index (χ1n) is 10.3. The monoisotopic (exact) mass is 546 g/mol. The van der Waals surface area contributed by atoms with Crippen molar-refractivity contribution in [1.29, 1.82) is 0 Å². The van der Waals surface area contributed by atoms with Crippen LogP contribution in [0.25, 0.3) is 0 Å². The molecule has 3 aromatic rings. The molecule has 0 fully saturated rings. The lowest BCUT2D eigenvalue weighted by Gasteiger charge is -2.15. The summed E-state index contributed by atoms with van der Waals surface area (Å²) >= 11 is 10.9. The van der Waals surface area contributed by atoms with Crippen molar-refractivity contribution in [2.75, 3.05) is 12.4 Å². The van der Waals surface area contributed by atoms with Crippen LogP contribution in [0.3, 0.4) is 0 Å². The van der Waals surface area contributed by atoms with E-state index in [9.17, 15) is 4.79 Å². The number of nitrogens with one attached hydrogen (secondary N) is 1. The second kappa shape index (κ2) is 12.7. The second-order valence-corrected chi connectivity index (χ2v) is 9.42.